The van der Waals surface area contributed by atoms with Gasteiger partial charge in [0.2, 0.25) is 0 Å². The van der Waals surface area contributed by atoms with Crippen molar-refractivity contribution >= 4 is 11.3 Å². The van der Waals surface area contributed by atoms with Crippen molar-refractivity contribution in [3.63, 3.8) is 0 Å². The van der Waals surface area contributed by atoms with Gasteiger partial charge in [0.1, 0.15) is 11.5 Å². The molecule has 0 aliphatic heterocycles. The lowest BCUT2D eigenvalue weighted by Gasteiger charge is -2.33. The van der Waals surface area contributed by atoms with Crippen molar-refractivity contribution in [3.8, 4) is 11.5 Å². The van der Waals surface area contributed by atoms with Gasteiger partial charge >= 0.3 is 0 Å². The number of aromatic hydroxyl groups is 2. The molecule has 2 aromatic carbocycles. The molecule has 1 heterocycles. The minimum atomic E-state index is -0.00757. The first-order valence-electron chi connectivity index (χ1n) is 34.7. The first kappa shape index (κ1) is 69.9. The number of phenolic OH excluding ortho intramolecular Hbond substituents is 2. The van der Waals surface area contributed by atoms with Gasteiger partial charge in [0.15, 0.2) is 0 Å². The Bertz CT molecular complexity index is 1710. The highest BCUT2D eigenvalue weighted by atomic mass is 32.1. The molecule has 0 amide bonds. The van der Waals surface area contributed by atoms with Crippen LogP contribution in [-0.4, -0.2) is 46.2 Å². The van der Waals surface area contributed by atoms with Crippen LogP contribution in [0.15, 0.2) is 60.7 Å². The first-order chi connectivity index (χ1) is 38.5. The average molecular weight is 1100 g/mol. The Morgan fingerprint density at radius 2 is 0.462 bits per heavy atom. The summed E-state index contributed by atoms with van der Waals surface area (Å²) in [6, 6.07) is 21.3. The van der Waals surface area contributed by atoms with Crippen LogP contribution in [0.1, 0.15) is 362 Å². The topological polar surface area (TPSA) is 46.9 Å². The molecule has 3 rings (SSSR count). The Kier molecular flexibility index (Phi) is 45.2. The molecular weight excluding hydrogens is 969 g/mol. The third-order valence-corrected chi connectivity index (χ3v) is 18.5. The summed E-state index contributed by atoms with van der Waals surface area (Å²) in [7, 11) is 0. The van der Waals surface area contributed by atoms with Crippen LogP contribution in [0.3, 0.4) is 0 Å². The fourth-order valence-corrected chi connectivity index (χ4v) is 13.7. The van der Waals surface area contributed by atoms with Crippen LogP contribution in [0.2, 0.25) is 0 Å². The summed E-state index contributed by atoms with van der Waals surface area (Å²) in [5.74, 6) is 0.822. The van der Waals surface area contributed by atoms with Crippen LogP contribution in [-0.2, 0) is 0 Å². The standard InChI is InChI=1S/C73H128N2O2S/c1-5-9-13-17-21-25-29-33-37-41-45-53-63-74(62-52-44-40-36-32-28-24-20-16-12-8-4)72(66-56-48-50-58-68(66)76)70-60-61-71(78-70)73(67-57-49-51-59-69(67)77)75(64-54-46-42-38-34-30-26-22-18-14-10-6-2)65-55-47-43-39-35-31-27-23-19-15-11-7-3/h48-51,56-61,72-73,76-77H,5-47,52-55,62-65H2,1-4H3. The molecule has 0 saturated carbocycles. The fourth-order valence-electron chi connectivity index (χ4n) is 12.3. The number of hydrogen-bond acceptors (Lipinski definition) is 5. The highest BCUT2D eigenvalue weighted by Gasteiger charge is 2.30. The monoisotopic (exact) mass is 1100 g/mol. The lowest BCUT2D eigenvalue weighted by Crippen LogP contribution is -2.32. The molecule has 0 spiro atoms. The molecule has 3 aromatic rings. The third-order valence-electron chi connectivity index (χ3n) is 17.3. The van der Waals surface area contributed by atoms with Crippen LogP contribution in [0.4, 0.5) is 0 Å². The van der Waals surface area contributed by atoms with Gasteiger partial charge in [-0.25, -0.2) is 0 Å². The van der Waals surface area contributed by atoms with Crippen molar-refractivity contribution < 1.29 is 10.2 Å². The molecule has 448 valence electrons. The second kappa shape index (κ2) is 50.4. The number of phenols is 2. The van der Waals surface area contributed by atoms with Gasteiger partial charge in [0.05, 0.1) is 12.1 Å². The van der Waals surface area contributed by atoms with Crippen LogP contribution >= 0.6 is 11.3 Å². The first-order valence-corrected chi connectivity index (χ1v) is 35.5. The third kappa shape index (κ3) is 33.6. The van der Waals surface area contributed by atoms with E-state index in [0.29, 0.717) is 11.5 Å². The molecule has 2 atom stereocenters. The van der Waals surface area contributed by atoms with Gasteiger partial charge in [-0.15, -0.1) is 11.3 Å². The Balaban J connectivity index is 1.83. The van der Waals surface area contributed by atoms with Crippen molar-refractivity contribution in [1.82, 2.24) is 9.80 Å². The van der Waals surface area contributed by atoms with Gasteiger partial charge in [-0.1, -0.05) is 340 Å². The largest absolute Gasteiger partial charge is 0.508 e. The van der Waals surface area contributed by atoms with Crippen LogP contribution in [0.25, 0.3) is 0 Å². The number of hydrogen-bond donors (Lipinski definition) is 2. The van der Waals surface area contributed by atoms with E-state index in [1.165, 1.54) is 312 Å². The predicted molar refractivity (Wildman–Crippen MR) is 347 cm³/mol. The molecule has 0 aliphatic rings. The van der Waals surface area contributed by atoms with Gasteiger partial charge in [-0.3, -0.25) is 9.80 Å². The van der Waals surface area contributed by atoms with Gasteiger partial charge in [-0.2, -0.15) is 0 Å². The van der Waals surface area contributed by atoms with Crippen molar-refractivity contribution in [2.45, 2.75) is 342 Å². The van der Waals surface area contributed by atoms with Gasteiger partial charge in [-0.05, 0) is 76.1 Å². The number of benzene rings is 2. The minimum absolute atomic E-state index is 0.00747. The molecule has 4 nitrogen and oxygen atoms in total. The quantitative estimate of drug-likeness (QED) is 0.0553. The Morgan fingerprint density at radius 1 is 0.269 bits per heavy atom. The van der Waals surface area contributed by atoms with Crippen LogP contribution in [0.5, 0.6) is 11.5 Å². The van der Waals surface area contributed by atoms with E-state index in [-0.39, 0.29) is 12.1 Å². The molecule has 1 aromatic heterocycles. The number of unbranched alkanes of at least 4 members (excludes halogenated alkanes) is 43. The number of nitrogens with zero attached hydrogens (tertiary/aromatic N) is 2. The zero-order valence-corrected chi connectivity index (χ0v) is 53.0. The van der Waals surface area contributed by atoms with Gasteiger partial charge < -0.3 is 10.2 Å². The fraction of sp³-hybridized carbons (Fsp3) is 0.781. The molecule has 0 bridgehead atoms. The summed E-state index contributed by atoms with van der Waals surface area (Å²) in [5, 5.41) is 23.5. The predicted octanol–water partition coefficient (Wildman–Crippen LogP) is 24.4. The molecule has 0 fully saturated rings. The molecule has 0 saturated heterocycles. The molecule has 5 heteroatoms. The number of rotatable bonds is 57. The molecule has 78 heavy (non-hydrogen) atoms. The maximum Gasteiger partial charge on any atom is 0.120 e. The normalized spacial score (nSPS) is 12.6. The van der Waals surface area contributed by atoms with E-state index < -0.39 is 0 Å². The maximum absolute atomic E-state index is 11.8. The van der Waals surface area contributed by atoms with E-state index >= 15 is 0 Å². The second-order valence-electron chi connectivity index (χ2n) is 24.4. The molecule has 0 radical (unpaired) electrons. The van der Waals surface area contributed by atoms with E-state index in [1.54, 1.807) is 0 Å². The SMILES string of the molecule is CCCCCCCCCCCCCCN(CCCCCCCCCCCCC)C(c1ccc(C(c2ccccc2O)N(CCCCCCCCCCCCCC)CCCCCCCCCCCCCC)s1)c1ccccc1O. The number of para-hydroxylation sites is 2. The Labute approximate surface area is 489 Å². The lowest BCUT2D eigenvalue weighted by molar-refractivity contribution is 0.213. The van der Waals surface area contributed by atoms with E-state index in [9.17, 15) is 10.2 Å². The van der Waals surface area contributed by atoms with Crippen molar-refractivity contribution in [1.29, 1.82) is 0 Å². The van der Waals surface area contributed by atoms with Crippen molar-refractivity contribution in [3.05, 3.63) is 81.5 Å². The molecular formula is C73H128N2O2S. The van der Waals surface area contributed by atoms with Crippen LogP contribution < -0.4 is 0 Å². The van der Waals surface area contributed by atoms with Crippen molar-refractivity contribution in [2.75, 3.05) is 26.2 Å². The molecule has 0 aliphatic carbocycles. The van der Waals surface area contributed by atoms with E-state index in [1.807, 2.05) is 35.6 Å². The van der Waals surface area contributed by atoms with Gasteiger partial charge in [0, 0.05) is 20.9 Å². The molecule has 2 N–H and O–H groups in total. The lowest BCUT2D eigenvalue weighted by atomic mass is 9.99. The van der Waals surface area contributed by atoms with E-state index in [4.69, 9.17) is 0 Å². The number of thiophene rings is 1. The van der Waals surface area contributed by atoms with E-state index in [2.05, 4.69) is 73.9 Å². The smallest absolute Gasteiger partial charge is 0.120 e. The zero-order valence-electron chi connectivity index (χ0n) is 52.2. The second-order valence-corrected chi connectivity index (χ2v) is 25.6. The summed E-state index contributed by atoms with van der Waals surface area (Å²) in [6.45, 7) is 13.4. The van der Waals surface area contributed by atoms with Crippen LogP contribution in [0, 0.1) is 0 Å². The minimum Gasteiger partial charge on any atom is -0.508 e. The summed E-state index contributed by atoms with van der Waals surface area (Å²) in [4.78, 5) is 8.18. The highest BCUT2D eigenvalue weighted by molar-refractivity contribution is 7.12. The molecule has 2 unspecified atom stereocenters. The van der Waals surface area contributed by atoms with Gasteiger partial charge in [0.25, 0.3) is 0 Å². The Hall–Kier alpha value is -2.34. The van der Waals surface area contributed by atoms with E-state index in [0.717, 1.165) is 37.3 Å². The summed E-state index contributed by atoms with van der Waals surface area (Å²) in [6.07, 6.45) is 63.7. The average Bonchev–Trinajstić information content (AvgIpc) is 3.95. The Morgan fingerprint density at radius 3 is 0.667 bits per heavy atom. The maximum atomic E-state index is 11.8. The van der Waals surface area contributed by atoms with Crippen molar-refractivity contribution in [2.24, 2.45) is 0 Å². The summed E-state index contributed by atoms with van der Waals surface area (Å²) in [5.41, 5.74) is 2.08. The zero-order chi connectivity index (χ0) is 55.6. The highest BCUT2D eigenvalue weighted by Crippen LogP contribution is 2.43. The summed E-state index contributed by atoms with van der Waals surface area (Å²) >= 11 is 1.95. The summed E-state index contributed by atoms with van der Waals surface area (Å²) < 4.78 is 0.